The van der Waals surface area contributed by atoms with Crippen molar-refractivity contribution in [2.45, 2.75) is 0 Å². The molecule has 0 aliphatic rings. The molecule has 100 valence electrons. The van der Waals surface area contributed by atoms with Gasteiger partial charge >= 0.3 is 0 Å². The average Bonchev–Trinajstić information content (AvgIpc) is 2.41. The predicted molar refractivity (Wildman–Crippen MR) is 70.5 cm³/mol. The lowest BCUT2D eigenvalue weighted by Crippen LogP contribution is -2.16. The SMILES string of the molecule is N#Cc1ccc(Cl)c(NC(=O)c2c(F)cccc2F)c1. The van der Waals surface area contributed by atoms with Crippen LogP contribution in [0.2, 0.25) is 5.02 Å². The molecule has 2 aromatic carbocycles. The summed E-state index contributed by atoms with van der Waals surface area (Å²) in [7, 11) is 0. The molecule has 0 unspecified atom stereocenters. The number of carbonyl (C=O) groups is 1. The fourth-order valence-electron chi connectivity index (χ4n) is 1.59. The van der Waals surface area contributed by atoms with E-state index >= 15 is 0 Å². The molecule has 0 radical (unpaired) electrons. The molecule has 0 saturated heterocycles. The van der Waals surface area contributed by atoms with Crippen molar-refractivity contribution >= 4 is 23.2 Å². The van der Waals surface area contributed by atoms with Gasteiger partial charge in [0.15, 0.2) is 0 Å². The Morgan fingerprint density at radius 3 is 2.45 bits per heavy atom. The molecule has 0 atom stereocenters. The average molecular weight is 293 g/mol. The van der Waals surface area contributed by atoms with Crippen LogP contribution in [0.5, 0.6) is 0 Å². The van der Waals surface area contributed by atoms with Gasteiger partial charge in [-0.25, -0.2) is 8.78 Å². The number of amides is 1. The molecule has 0 saturated carbocycles. The number of nitrogens with zero attached hydrogens (tertiary/aromatic N) is 1. The molecule has 1 amide bonds. The summed E-state index contributed by atoms with van der Waals surface area (Å²) in [5, 5.41) is 11.2. The van der Waals surface area contributed by atoms with E-state index in [9.17, 15) is 13.6 Å². The maximum atomic E-state index is 13.5. The molecule has 20 heavy (non-hydrogen) atoms. The van der Waals surface area contributed by atoms with Crippen molar-refractivity contribution in [2.24, 2.45) is 0 Å². The molecule has 3 nitrogen and oxygen atoms in total. The van der Waals surface area contributed by atoms with Crippen molar-refractivity contribution < 1.29 is 13.6 Å². The lowest BCUT2D eigenvalue weighted by molar-refractivity contribution is 0.101. The molecular weight excluding hydrogens is 286 g/mol. The van der Waals surface area contributed by atoms with E-state index < -0.39 is 23.1 Å². The van der Waals surface area contributed by atoms with E-state index in [-0.39, 0.29) is 16.3 Å². The van der Waals surface area contributed by atoms with Crippen molar-refractivity contribution in [1.82, 2.24) is 0 Å². The van der Waals surface area contributed by atoms with Gasteiger partial charge in [0.1, 0.15) is 17.2 Å². The molecule has 0 aliphatic heterocycles. The zero-order valence-corrected chi connectivity index (χ0v) is 10.7. The molecule has 2 rings (SSSR count). The van der Waals surface area contributed by atoms with Crippen molar-refractivity contribution in [3.8, 4) is 6.07 Å². The highest BCUT2D eigenvalue weighted by atomic mass is 35.5. The van der Waals surface area contributed by atoms with Crippen molar-refractivity contribution in [3.05, 3.63) is 64.2 Å². The number of hydrogen-bond donors (Lipinski definition) is 1. The van der Waals surface area contributed by atoms with Crippen molar-refractivity contribution in [3.63, 3.8) is 0 Å². The van der Waals surface area contributed by atoms with E-state index in [2.05, 4.69) is 5.32 Å². The fraction of sp³-hybridized carbons (Fsp3) is 0. The Morgan fingerprint density at radius 1 is 1.20 bits per heavy atom. The number of nitriles is 1. The monoisotopic (exact) mass is 292 g/mol. The topological polar surface area (TPSA) is 52.9 Å². The van der Waals surface area contributed by atoms with E-state index in [1.54, 1.807) is 0 Å². The third kappa shape index (κ3) is 2.76. The highest BCUT2D eigenvalue weighted by molar-refractivity contribution is 6.34. The first-order valence-electron chi connectivity index (χ1n) is 5.48. The normalized spacial score (nSPS) is 9.90. The summed E-state index contributed by atoms with van der Waals surface area (Å²) >= 11 is 5.85. The van der Waals surface area contributed by atoms with Crippen LogP contribution >= 0.6 is 11.6 Å². The Bertz CT molecular complexity index is 705. The first kappa shape index (κ1) is 14.0. The van der Waals surface area contributed by atoms with Crippen LogP contribution in [0.3, 0.4) is 0 Å². The molecule has 2 aromatic rings. The van der Waals surface area contributed by atoms with Crippen molar-refractivity contribution in [1.29, 1.82) is 5.26 Å². The zero-order chi connectivity index (χ0) is 14.7. The molecule has 0 heterocycles. The highest BCUT2D eigenvalue weighted by Crippen LogP contribution is 2.24. The van der Waals surface area contributed by atoms with Gasteiger partial charge in [0, 0.05) is 0 Å². The van der Waals surface area contributed by atoms with E-state index in [0.29, 0.717) is 0 Å². The summed E-state index contributed by atoms with van der Waals surface area (Å²) in [5.41, 5.74) is -0.331. The molecule has 0 aliphatic carbocycles. The molecule has 0 aromatic heterocycles. The number of hydrogen-bond acceptors (Lipinski definition) is 2. The van der Waals surface area contributed by atoms with Crippen LogP contribution in [0.4, 0.5) is 14.5 Å². The molecule has 0 spiro atoms. The molecule has 0 bridgehead atoms. The van der Waals surface area contributed by atoms with Crippen LogP contribution in [0, 0.1) is 23.0 Å². The minimum atomic E-state index is -0.977. The van der Waals surface area contributed by atoms with Crippen LogP contribution in [0.25, 0.3) is 0 Å². The largest absolute Gasteiger partial charge is 0.320 e. The maximum Gasteiger partial charge on any atom is 0.261 e. The molecule has 0 fully saturated rings. The molecule has 6 heteroatoms. The number of carbonyl (C=O) groups excluding carboxylic acids is 1. The van der Waals surface area contributed by atoms with Gasteiger partial charge in [-0.1, -0.05) is 17.7 Å². The molecule has 1 N–H and O–H groups in total. The summed E-state index contributed by atoms with van der Waals surface area (Å²) in [5.74, 6) is -2.93. The number of halogens is 3. The van der Waals surface area contributed by atoms with E-state index in [1.807, 2.05) is 6.07 Å². The second kappa shape index (κ2) is 5.68. The third-order valence-corrected chi connectivity index (χ3v) is 2.86. The quantitative estimate of drug-likeness (QED) is 0.916. The van der Waals surface area contributed by atoms with E-state index in [4.69, 9.17) is 16.9 Å². The van der Waals surface area contributed by atoms with Gasteiger partial charge in [-0.15, -0.1) is 0 Å². The van der Waals surface area contributed by atoms with Gasteiger partial charge in [0.2, 0.25) is 0 Å². The van der Waals surface area contributed by atoms with Gasteiger partial charge in [-0.05, 0) is 30.3 Å². The zero-order valence-electron chi connectivity index (χ0n) is 9.95. The summed E-state index contributed by atoms with van der Waals surface area (Å²) in [4.78, 5) is 11.9. The summed E-state index contributed by atoms with van der Waals surface area (Å²) in [6.45, 7) is 0. The van der Waals surface area contributed by atoms with Crippen LogP contribution < -0.4 is 5.32 Å². The molecular formula is C14H7ClF2N2O. The second-order valence-corrected chi connectivity index (χ2v) is 4.26. The Labute approximate surface area is 118 Å². The minimum absolute atomic E-state index is 0.110. The second-order valence-electron chi connectivity index (χ2n) is 3.86. The van der Waals surface area contributed by atoms with E-state index in [0.717, 1.165) is 18.2 Å². The van der Waals surface area contributed by atoms with Gasteiger partial charge in [-0.3, -0.25) is 4.79 Å². The summed E-state index contributed by atoms with van der Waals surface area (Å²) in [6.07, 6.45) is 0. The Morgan fingerprint density at radius 2 is 1.85 bits per heavy atom. The predicted octanol–water partition coefficient (Wildman–Crippen LogP) is 3.74. The van der Waals surface area contributed by atoms with Crippen LogP contribution in [0.1, 0.15) is 15.9 Å². The number of anilines is 1. The first-order chi connectivity index (χ1) is 9.52. The Hall–Kier alpha value is -2.45. The number of nitrogens with one attached hydrogen (secondary N) is 1. The smallest absolute Gasteiger partial charge is 0.261 e. The number of benzene rings is 2. The fourth-order valence-corrected chi connectivity index (χ4v) is 1.75. The van der Waals surface area contributed by atoms with Gasteiger partial charge in [0.25, 0.3) is 5.91 Å². The van der Waals surface area contributed by atoms with Crippen LogP contribution in [0.15, 0.2) is 36.4 Å². The van der Waals surface area contributed by atoms with Crippen molar-refractivity contribution in [2.75, 3.05) is 5.32 Å². The van der Waals surface area contributed by atoms with Crippen LogP contribution in [-0.4, -0.2) is 5.91 Å². The Balaban J connectivity index is 2.36. The van der Waals surface area contributed by atoms with Gasteiger partial charge in [0.05, 0.1) is 22.3 Å². The van der Waals surface area contributed by atoms with E-state index in [1.165, 1.54) is 18.2 Å². The highest BCUT2D eigenvalue weighted by Gasteiger charge is 2.18. The third-order valence-electron chi connectivity index (χ3n) is 2.53. The number of rotatable bonds is 2. The minimum Gasteiger partial charge on any atom is -0.320 e. The first-order valence-corrected chi connectivity index (χ1v) is 5.85. The Kier molecular flexibility index (Phi) is 3.97. The van der Waals surface area contributed by atoms with Crippen LogP contribution in [-0.2, 0) is 0 Å². The summed E-state index contributed by atoms with van der Waals surface area (Å²) in [6, 6.07) is 9.17. The van der Waals surface area contributed by atoms with Gasteiger partial charge in [-0.2, -0.15) is 5.26 Å². The standard InChI is InChI=1S/C14H7ClF2N2O/c15-9-5-4-8(7-18)6-12(9)19-14(20)13-10(16)2-1-3-11(13)17/h1-6H,(H,19,20). The lowest BCUT2D eigenvalue weighted by Gasteiger charge is -2.08. The summed E-state index contributed by atoms with van der Waals surface area (Å²) < 4.78 is 26.9. The maximum absolute atomic E-state index is 13.5. The lowest BCUT2D eigenvalue weighted by atomic mass is 10.1. The van der Waals surface area contributed by atoms with Gasteiger partial charge < -0.3 is 5.32 Å².